The highest BCUT2D eigenvalue weighted by molar-refractivity contribution is 5.72. The Balaban J connectivity index is 1.67. The van der Waals surface area contributed by atoms with Crippen LogP contribution in [-0.2, 0) is 16.1 Å². The summed E-state index contributed by atoms with van der Waals surface area (Å²) >= 11 is 0. The number of alkyl carbamates (subject to hydrolysis) is 1. The molecule has 0 spiro atoms. The van der Waals surface area contributed by atoms with Crippen molar-refractivity contribution in [2.45, 2.75) is 19.1 Å². The van der Waals surface area contributed by atoms with Gasteiger partial charge >= 0.3 is 12.1 Å². The number of benzene rings is 2. The number of carbonyl (C=O) groups excluding carboxylic acids is 1. The number of hydrogen-bond donors (Lipinski definition) is 2. The highest BCUT2D eigenvalue weighted by atomic mass is 16.6. The zero-order valence-electron chi connectivity index (χ0n) is 14.0. The molecule has 26 heavy (non-hydrogen) atoms. The molecule has 136 valence electrons. The van der Waals surface area contributed by atoms with E-state index in [1.165, 1.54) is 0 Å². The van der Waals surface area contributed by atoms with Crippen molar-refractivity contribution < 1.29 is 28.9 Å². The molecule has 1 amide bonds. The van der Waals surface area contributed by atoms with Gasteiger partial charge in [0.1, 0.15) is 19.8 Å². The second-order valence-electron chi connectivity index (χ2n) is 5.76. The molecule has 1 atom stereocenters. The van der Waals surface area contributed by atoms with Crippen molar-refractivity contribution in [2.75, 3.05) is 13.2 Å². The maximum absolute atomic E-state index is 12.1. The summed E-state index contributed by atoms with van der Waals surface area (Å²) in [6.07, 6.45) is -0.963. The quantitative estimate of drug-likeness (QED) is 0.826. The number of amides is 1. The van der Waals surface area contributed by atoms with Crippen LogP contribution < -0.4 is 14.8 Å². The van der Waals surface area contributed by atoms with E-state index in [1.807, 2.05) is 30.3 Å². The van der Waals surface area contributed by atoms with E-state index in [4.69, 9.17) is 19.3 Å². The van der Waals surface area contributed by atoms with Crippen molar-refractivity contribution in [3.05, 3.63) is 59.7 Å². The third-order valence-electron chi connectivity index (χ3n) is 3.85. The largest absolute Gasteiger partial charge is 0.486 e. The van der Waals surface area contributed by atoms with Gasteiger partial charge in [0.05, 0.1) is 12.5 Å². The van der Waals surface area contributed by atoms with Gasteiger partial charge in [0, 0.05) is 0 Å². The Bertz CT molecular complexity index is 777. The molecule has 7 nitrogen and oxygen atoms in total. The van der Waals surface area contributed by atoms with Crippen molar-refractivity contribution in [1.82, 2.24) is 5.32 Å². The smallest absolute Gasteiger partial charge is 0.407 e. The highest BCUT2D eigenvalue weighted by Gasteiger charge is 2.21. The predicted molar refractivity (Wildman–Crippen MR) is 92.2 cm³/mol. The molecule has 7 heteroatoms. The Morgan fingerprint density at radius 3 is 2.54 bits per heavy atom. The van der Waals surface area contributed by atoms with Crippen LogP contribution in [0.2, 0.25) is 0 Å². The van der Waals surface area contributed by atoms with Gasteiger partial charge in [-0.25, -0.2) is 4.79 Å². The van der Waals surface area contributed by atoms with Crippen LogP contribution in [0.4, 0.5) is 4.79 Å². The molecular formula is C19H19NO6. The average molecular weight is 357 g/mol. The monoisotopic (exact) mass is 357 g/mol. The van der Waals surface area contributed by atoms with Gasteiger partial charge in [0.25, 0.3) is 0 Å². The fourth-order valence-electron chi connectivity index (χ4n) is 2.61. The Morgan fingerprint density at radius 2 is 1.81 bits per heavy atom. The topological polar surface area (TPSA) is 94.1 Å². The van der Waals surface area contributed by atoms with Crippen molar-refractivity contribution in [3.8, 4) is 11.5 Å². The minimum atomic E-state index is -1.03. The van der Waals surface area contributed by atoms with E-state index in [2.05, 4.69) is 5.32 Å². The Morgan fingerprint density at radius 1 is 1.08 bits per heavy atom. The van der Waals surface area contributed by atoms with Crippen molar-refractivity contribution in [3.63, 3.8) is 0 Å². The molecule has 0 saturated carbocycles. The average Bonchev–Trinajstić information content (AvgIpc) is 2.66. The Hall–Kier alpha value is -3.22. The summed E-state index contributed by atoms with van der Waals surface area (Å²) in [4.78, 5) is 23.3. The van der Waals surface area contributed by atoms with Gasteiger partial charge in [-0.1, -0.05) is 36.4 Å². The van der Waals surface area contributed by atoms with Crippen LogP contribution in [0.15, 0.2) is 48.5 Å². The van der Waals surface area contributed by atoms with Gasteiger partial charge in [-0.3, -0.25) is 4.79 Å². The number of aliphatic carboxylic acids is 1. The van der Waals surface area contributed by atoms with Crippen molar-refractivity contribution in [2.24, 2.45) is 0 Å². The van der Waals surface area contributed by atoms with Gasteiger partial charge < -0.3 is 24.6 Å². The standard InChI is InChI=1S/C19H19NO6/c21-18(22)11-15(14-6-7-16-17(10-14)25-9-8-24-16)20-19(23)26-12-13-4-2-1-3-5-13/h1-7,10,15H,8-9,11-12H2,(H,20,23)(H,21,22). The molecule has 0 saturated heterocycles. The fraction of sp³-hybridized carbons (Fsp3) is 0.263. The zero-order valence-corrected chi connectivity index (χ0v) is 14.0. The van der Waals surface area contributed by atoms with Crippen LogP contribution in [0.1, 0.15) is 23.6 Å². The minimum absolute atomic E-state index is 0.105. The number of carboxylic acid groups (broad SMARTS) is 1. The first-order valence-corrected chi connectivity index (χ1v) is 8.20. The molecule has 0 aromatic heterocycles. The number of ether oxygens (including phenoxy) is 3. The van der Waals surface area contributed by atoms with E-state index in [0.717, 1.165) is 5.56 Å². The second-order valence-corrected chi connectivity index (χ2v) is 5.76. The van der Waals surface area contributed by atoms with Crippen LogP contribution in [0, 0.1) is 0 Å². The number of rotatable bonds is 6. The van der Waals surface area contributed by atoms with Crippen LogP contribution in [0.25, 0.3) is 0 Å². The molecule has 0 fully saturated rings. The number of nitrogens with one attached hydrogen (secondary N) is 1. The molecule has 2 aromatic rings. The molecule has 1 aliphatic heterocycles. The Labute approximate surface area is 150 Å². The highest BCUT2D eigenvalue weighted by Crippen LogP contribution is 2.33. The summed E-state index contributed by atoms with van der Waals surface area (Å²) in [5.74, 6) is 0.0950. The summed E-state index contributed by atoms with van der Waals surface area (Å²) < 4.78 is 16.1. The number of hydrogen-bond acceptors (Lipinski definition) is 5. The normalized spacial score (nSPS) is 13.5. The van der Waals surface area contributed by atoms with Gasteiger partial charge in [-0.15, -0.1) is 0 Å². The lowest BCUT2D eigenvalue weighted by molar-refractivity contribution is -0.137. The Kier molecular flexibility index (Phi) is 5.58. The van der Waals surface area contributed by atoms with Gasteiger partial charge in [0.2, 0.25) is 0 Å². The summed E-state index contributed by atoms with van der Waals surface area (Å²) in [7, 11) is 0. The van der Waals surface area contributed by atoms with E-state index >= 15 is 0 Å². The van der Waals surface area contributed by atoms with Gasteiger partial charge in [-0.2, -0.15) is 0 Å². The molecule has 3 rings (SSSR count). The molecule has 2 N–H and O–H groups in total. The third kappa shape index (κ3) is 4.66. The molecule has 1 unspecified atom stereocenters. The van der Waals surface area contributed by atoms with E-state index < -0.39 is 18.1 Å². The van der Waals surface area contributed by atoms with E-state index in [1.54, 1.807) is 18.2 Å². The summed E-state index contributed by atoms with van der Waals surface area (Å²) in [5, 5.41) is 11.8. The molecule has 0 aliphatic carbocycles. The second kappa shape index (κ2) is 8.24. The fourth-order valence-corrected chi connectivity index (χ4v) is 2.61. The number of fused-ring (bicyclic) bond motifs is 1. The van der Waals surface area contributed by atoms with Crippen molar-refractivity contribution in [1.29, 1.82) is 0 Å². The summed E-state index contributed by atoms with van der Waals surface area (Å²) in [5.41, 5.74) is 1.45. The van der Waals surface area contributed by atoms with Crippen molar-refractivity contribution >= 4 is 12.1 Å². The molecule has 0 bridgehead atoms. The van der Waals surface area contributed by atoms with E-state index in [0.29, 0.717) is 30.3 Å². The zero-order chi connectivity index (χ0) is 18.4. The first-order valence-electron chi connectivity index (χ1n) is 8.20. The number of carboxylic acids is 1. The molecule has 1 aliphatic rings. The van der Waals surface area contributed by atoms with Crippen LogP contribution >= 0.6 is 0 Å². The van der Waals surface area contributed by atoms with Gasteiger partial charge in [-0.05, 0) is 23.3 Å². The van der Waals surface area contributed by atoms with E-state index in [9.17, 15) is 9.59 Å². The number of carbonyl (C=O) groups is 2. The summed E-state index contributed by atoms with van der Waals surface area (Å²) in [6, 6.07) is 13.6. The lowest BCUT2D eigenvalue weighted by Gasteiger charge is -2.22. The van der Waals surface area contributed by atoms with Crippen LogP contribution in [0.5, 0.6) is 11.5 Å². The molecule has 0 radical (unpaired) electrons. The first-order chi connectivity index (χ1) is 12.6. The summed E-state index contributed by atoms with van der Waals surface area (Å²) in [6.45, 7) is 0.995. The minimum Gasteiger partial charge on any atom is -0.486 e. The SMILES string of the molecule is O=C(O)CC(NC(=O)OCc1ccccc1)c1ccc2c(c1)OCCO2. The molecule has 2 aromatic carbocycles. The van der Waals surface area contributed by atoms with E-state index in [-0.39, 0.29) is 13.0 Å². The van der Waals surface area contributed by atoms with Crippen LogP contribution in [-0.4, -0.2) is 30.4 Å². The van der Waals surface area contributed by atoms with Crippen LogP contribution in [0.3, 0.4) is 0 Å². The maximum Gasteiger partial charge on any atom is 0.407 e. The predicted octanol–water partition coefficient (Wildman–Crippen LogP) is 2.90. The lowest BCUT2D eigenvalue weighted by atomic mass is 10.0. The third-order valence-corrected chi connectivity index (χ3v) is 3.85. The lowest BCUT2D eigenvalue weighted by Crippen LogP contribution is -2.30. The first kappa shape index (κ1) is 17.6. The van der Waals surface area contributed by atoms with Gasteiger partial charge in [0.15, 0.2) is 11.5 Å². The molecule has 1 heterocycles. The maximum atomic E-state index is 12.1. The molecular weight excluding hydrogens is 338 g/mol.